The minimum absolute atomic E-state index is 0.137. The number of amides is 1. The number of rotatable bonds is 8. The predicted octanol–water partition coefficient (Wildman–Crippen LogP) is -0.386. The van der Waals surface area contributed by atoms with E-state index in [-0.39, 0.29) is 12.3 Å². The summed E-state index contributed by atoms with van der Waals surface area (Å²) in [5, 5.41) is 11.1. The molecule has 0 aliphatic rings. The number of alkyl halides is 3. The molecule has 0 saturated heterocycles. The Morgan fingerprint density at radius 2 is 1.59 bits per heavy atom. The maximum atomic E-state index is 12.9. The largest absolute Gasteiger partial charge is 0.480 e. The van der Waals surface area contributed by atoms with Gasteiger partial charge in [-0.25, -0.2) is 10.0 Å². The molecule has 0 aromatic rings. The lowest BCUT2D eigenvalue weighted by Crippen LogP contribution is -2.72. The van der Waals surface area contributed by atoms with Crippen molar-refractivity contribution in [3.05, 3.63) is 0 Å². The molecule has 0 rings (SSSR count). The number of carbonyl (C=O) groups excluding carboxylic acids is 1. The summed E-state index contributed by atoms with van der Waals surface area (Å²) in [5.41, 5.74) is 3.21. The van der Waals surface area contributed by atoms with Gasteiger partial charge < -0.3 is 5.11 Å². The first-order valence-electron chi connectivity index (χ1n) is 5.76. The zero-order chi connectivity index (χ0) is 17.7. The van der Waals surface area contributed by atoms with Crippen LogP contribution in [0, 0.1) is 0 Å². The topological polar surface area (TPSA) is 88.2 Å². The van der Waals surface area contributed by atoms with E-state index in [1.807, 2.05) is 0 Å². The van der Waals surface area contributed by atoms with Crippen molar-refractivity contribution in [2.24, 2.45) is 0 Å². The fourth-order valence-corrected chi connectivity index (χ4v) is 3.40. The van der Waals surface area contributed by atoms with E-state index < -0.39 is 30.1 Å². The van der Waals surface area contributed by atoms with E-state index in [9.17, 15) is 22.8 Å². The van der Waals surface area contributed by atoms with Gasteiger partial charge in [0.25, 0.3) is 0 Å². The Kier molecular flexibility index (Phi) is 7.75. The smallest absolute Gasteiger partial charge is 0.471 e. The third-order valence-electron chi connectivity index (χ3n) is 2.84. The predicted molar refractivity (Wildman–Crippen MR) is 76.1 cm³/mol. The van der Waals surface area contributed by atoms with E-state index in [1.54, 1.807) is 0 Å². The fraction of sp³-hybridized carbons (Fsp3) is 0.778. The second kappa shape index (κ2) is 8.09. The van der Waals surface area contributed by atoms with Gasteiger partial charge in [0.1, 0.15) is 6.54 Å². The zero-order valence-electron chi connectivity index (χ0n) is 12.3. The molecule has 0 saturated carbocycles. The van der Waals surface area contributed by atoms with Crippen LogP contribution in [0.25, 0.3) is 0 Å². The van der Waals surface area contributed by atoms with Gasteiger partial charge in [-0.1, -0.05) is 11.8 Å². The van der Waals surface area contributed by atoms with Gasteiger partial charge in [-0.15, -0.1) is 0 Å². The van der Waals surface area contributed by atoms with Crippen molar-refractivity contribution in [1.82, 2.24) is 25.8 Å². The Morgan fingerprint density at radius 3 is 1.82 bits per heavy atom. The molecule has 0 bridgehead atoms. The van der Waals surface area contributed by atoms with Crippen molar-refractivity contribution < 1.29 is 27.9 Å². The van der Waals surface area contributed by atoms with Gasteiger partial charge in [0.05, 0.1) is 0 Å². The molecule has 128 valence electrons. The Balaban J connectivity index is 6.21. The monoisotopic (exact) mass is 363 g/mol. The Morgan fingerprint density at radius 1 is 1.18 bits per heavy atom. The quantitative estimate of drug-likeness (QED) is 0.306. The van der Waals surface area contributed by atoms with Crippen LogP contribution >= 0.6 is 7.36 Å². The van der Waals surface area contributed by atoms with Crippen LogP contribution in [0.4, 0.5) is 13.2 Å². The highest BCUT2D eigenvalue weighted by molar-refractivity contribution is 7.97. The van der Waals surface area contributed by atoms with E-state index >= 15 is 0 Å². The van der Waals surface area contributed by atoms with Crippen LogP contribution in [0.1, 0.15) is 0 Å². The van der Waals surface area contributed by atoms with E-state index in [4.69, 9.17) is 16.9 Å². The molecule has 0 aromatic carbocycles. The number of carboxylic acids is 1. The second-order valence-corrected chi connectivity index (χ2v) is 5.37. The lowest BCUT2D eigenvalue weighted by Gasteiger charge is -2.49. The number of hydrazine groups is 2. The molecule has 0 aromatic heterocycles. The molecule has 3 N–H and O–H groups in total. The maximum absolute atomic E-state index is 12.9. The summed E-state index contributed by atoms with van der Waals surface area (Å²) < 4.78 is 38.6. The summed E-state index contributed by atoms with van der Waals surface area (Å²) >= 11 is 4.90. The van der Waals surface area contributed by atoms with Crippen LogP contribution in [0.2, 0.25) is 0 Å². The average molecular weight is 363 g/mol. The first kappa shape index (κ1) is 21.1. The fourth-order valence-electron chi connectivity index (χ4n) is 1.66. The second-order valence-electron chi connectivity index (χ2n) is 4.04. The molecule has 0 fully saturated rings. The van der Waals surface area contributed by atoms with Crippen LogP contribution in [-0.4, -0.2) is 78.3 Å². The molecular formula is C9H17F3N5O3PS. The molecule has 0 aliphatic heterocycles. The molecule has 0 aliphatic carbocycles. The zero-order valence-corrected chi connectivity index (χ0v) is 14.0. The van der Waals surface area contributed by atoms with Gasteiger partial charge in [-0.05, 0) is 14.1 Å². The maximum Gasteiger partial charge on any atom is 0.471 e. The normalized spacial score (nSPS) is 13.0. The minimum atomic E-state index is -5.25. The van der Waals surface area contributed by atoms with Crippen LogP contribution in [0.5, 0.6) is 0 Å². The summed E-state index contributed by atoms with van der Waals surface area (Å²) in [6.07, 6.45) is -5.25. The molecular weight excluding hydrogens is 346 g/mol. The third-order valence-corrected chi connectivity index (χ3v) is 4.66. The van der Waals surface area contributed by atoms with Crippen molar-refractivity contribution >= 4 is 31.0 Å². The van der Waals surface area contributed by atoms with Crippen molar-refractivity contribution in [1.29, 1.82) is 0 Å². The van der Waals surface area contributed by atoms with Crippen molar-refractivity contribution in [2.45, 2.75) is 11.7 Å². The van der Waals surface area contributed by atoms with E-state index in [0.29, 0.717) is 0 Å². The van der Waals surface area contributed by atoms with E-state index in [1.165, 1.54) is 28.2 Å². The molecule has 13 heteroatoms. The lowest BCUT2D eigenvalue weighted by molar-refractivity contribution is -0.208. The molecule has 0 spiro atoms. The molecule has 0 heterocycles. The van der Waals surface area contributed by atoms with Gasteiger partial charge in [0.15, 0.2) is 0 Å². The number of aliphatic carboxylic acids is 1. The van der Waals surface area contributed by atoms with Crippen LogP contribution in [0.15, 0.2) is 0 Å². The third kappa shape index (κ3) is 4.31. The number of carboxylic acid groups (broad SMARTS) is 1. The molecule has 1 amide bonds. The lowest BCUT2D eigenvalue weighted by atomic mass is 10.4. The van der Waals surface area contributed by atoms with Crippen molar-refractivity contribution in [3.8, 4) is 0 Å². The summed E-state index contributed by atoms with van der Waals surface area (Å²) in [5.74, 6) is -3.91. The average Bonchev–Trinajstić information content (AvgIpc) is 2.44. The molecule has 0 atom stereocenters. The Bertz CT molecular complexity index is 429. The van der Waals surface area contributed by atoms with Gasteiger partial charge >= 0.3 is 18.1 Å². The summed E-state index contributed by atoms with van der Waals surface area (Å²) in [6.45, 7) is -1.18. The molecule has 8 nitrogen and oxygen atoms in total. The number of nitrogens with one attached hydrogen (secondary N) is 2. The first-order valence-corrected chi connectivity index (χ1v) is 7.67. The highest BCUT2D eigenvalue weighted by Gasteiger charge is 2.54. The van der Waals surface area contributed by atoms with Crippen LogP contribution in [0.3, 0.4) is 0 Å². The van der Waals surface area contributed by atoms with E-state index in [0.717, 1.165) is 10.0 Å². The van der Waals surface area contributed by atoms with Crippen molar-refractivity contribution in [3.63, 3.8) is 0 Å². The molecule has 0 radical (unpaired) electrons. The van der Waals surface area contributed by atoms with Crippen LogP contribution < -0.4 is 10.9 Å². The van der Waals surface area contributed by atoms with Crippen LogP contribution in [-0.2, 0) is 21.4 Å². The summed E-state index contributed by atoms with van der Waals surface area (Å²) in [6, 6.07) is 0. The highest BCUT2D eigenvalue weighted by Crippen LogP contribution is 2.35. The van der Waals surface area contributed by atoms with Gasteiger partial charge in [-0.3, -0.25) is 25.3 Å². The number of hydrogen-bond donors (Lipinski definition) is 3. The minimum Gasteiger partial charge on any atom is -0.480 e. The van der Waals surface area contributed by atoms with Crippen molar-refractivity contribution in [2.75, 3.05) is 34.7 Å². The highest BCUT2D eigenvalue weighted by atomic mass is 32.4. The SMILES string of the molecule is CNN(C)C(P=S)(N(C)NC)N(CC(=O)O)C(=O)C(F)(F)F. The number of carbonyl (C=O) groups is 2. The first-order chi connectivity index (χ1) is 9.98. The van der Waals surface area contributed by atoms with Gasteiger partial charge in [0.2, 0.25) is 5.53 Å². The number of hydrogen-bond acceptors (Lipinski definition) is 7. The molecule has 0 unspecified atom stereocenters. The van der Waals surface area contributed by atoms with Gasteiger partial charge in [-0.2, -0.15) is 13.2 Å². The summed E-state index contributed by atoms with van der Waals surface area (Å²) in [4.78, 5) is 22.8. The Hall–Kier alpha value is -0.910. The Labute approximate surface area is 132 Å². The number of nitrogens with zero attached hydrogens (tertiary/aromatic N) is 3. The standard InChI is InChI=1S/C9H17F3N5O3PS/c1-13-15(3)9(21-22,16(4)14-2)17(5-6(18)19)7(20)8(10,11)12/h13-14H,5H2,1-4H3,(H,18,19). The summed E-state index contributed by atoms with van der Waals surface area (Å²) in [7, 11) is 5.34. The van der Waals surface area contributed by atoms with Gasteiger partial charge in [0, 0.05) is 21.5 Å². The number of halogens is 3. The molecule has 22 heavy (non-hydrogen) atoms. The van der Waals surface area contributed by atoms with E-state index in [2.05, 4.69) is 10.9 Å².